The Balaban J connectivity index is 2.37. The molecule has 3 aromatic carbocycles. The Morgan fingerprint density at radius 1 is 0.750 bits per heavy atom. The van der Waals surface area contributed by atoms with Crippen LogP contribution in [-0.2, 0) is 12.8 Å². The molecule has 0 aliphatic rings. The summed E-state index contributed by atoms with van der Waals surface area (Å²) in [5.41, 5.74) is 1.65. The van der Waals surface area contributed by atoms with E-state index in [0.717, 1.165) is 48.3 Å². The topological polar surface area (TPSA) is 74.6 Å². The second kappa shape index (κ2) is 8.42. The van der Waals surface area contributed by atoms with Crippen molar-refractivity contribution in [2.45, 2.75) is 52.4 Å². The first-order chi connectivity index (χ1) is 13.5. The quantitative estimate of drug-likeness (QED) is 0.466. The number of unbranched alkanes of at least 4 members (excludes halogenated alkanes) is 2. The van der Waals surface area contributed by atoms with Crippen LogP contribution in [0.5, 0.6) is 0 Å². The average Bonchev–Trinajstić information content (AvgIpc) is 2.68. The second-order valence-corrected chi connectivity index (χ2v) is 7.32. The summed E-state index contributed by atoms with van der Waals surface area (Å²) in [7, 11) is 0. The molecule has 146 valence electrons. The summed E-state index contributed by atoms with van der Waals surface area (Å²) in [5.74, 6) is -2.37. The molecule has 0 radical (unpaired) electrons. The van der Waals surface area contributed by atoms with Gasteiger partial charge < -0.3 is 10.2 Å². The molecule has 0 saturated carbocycles. The lowest BCUT2D eigenvalue weighted by atomic mass is 9.88. The largest absolute Gasteiger partial charge is 0.478 e. The van der Waals surface area contributed by atoms with Gasteiger partial charge in [0.25, 0.3) is 0 Å². The van der Waals surface area contributed by atoms with Gasteiger partial charge in [-0.3, -0.25) is 0 Å². The monoisotopic (exact) mass is 378 g/mol. The molecular weight excluding hydrogens is 352 g/mol. The van der Waals surface area contributed by atoms with E-state index in [1.54, 1.807) is 6.07 Å². The highest BCUT2D eigenvalue weighted by Gasteiger charge is 2.24. The molecule has 0 fully saturated rings. The van der Waals surface area contributed by atoms with Crippen molar-refractivity contribution in [2.24, 2.45) is 0 Å². The summed E-state index contributed by atoms with van der Waals surface area (Å²) in [6.45, 7) is 4.19. The molecule has 4 nitrogen and oxygen atoms in total. The van der Waals surface area contributed by atoms with Crippen LogP contribution < -0.4 is 0 Å². The van der Waals surface area contributed by atoms with E-state index in [2.05, 4.69) is 25.1 Å². The fourth-order valence-corrected chi connectivity index (χ4v) is 3.87. The molecule has 0 aliphatic carbocycles. The van der Waals surface area contributed by atoms with Crippen molar-refractivity contribution in [3.63, 3.8) is 0 Å². The van der Waals surface area contributed by atoms with Crippen LogP contribution in [0.15, 0.2) is 36.4 Å². The van der Waals surface area contributed by atoms with E-state index in [4.69, 9.17) is 0 Å². The Hall–Kier alpha value is -2.88. The number of hydrogen-bond acceptors (Lipinski definition) is 2. The van der Waals surface area contributed by atoms with E-state index in [1.807, 2.05) is 19.1 Å². The standard InChI is InChI=1S/C24H26O4/c1-3-5-7-15-9-10-16-11-12-18-20(19(16)13-15)14-17(8-6-4-2)21(23(25)26)22(18)24(27)28/h9-14H,3-8H2,1-2H3,(H,25,26)(H,27,28). The molecule has 0 bridgehead atoms. The van der Waals surface area contributed by atoms with Crippen LogP contribution in [0.2, 0.25) is 0 Å². The fourth-order valence-electron chi connectivity index (χ4n) is 3.87. The molecule has 3 rings (SSSR count). The highest BCUT2D eigenvalue weighted by molar-refractivity contribution is 6.18. The van der Waals surface area contributed by atoms with Crippen LogP contribution in [0.3, 0.4) is 0 Å². The molecule has 0 saturated heterocycles. The van der Waals surface area contributed by atoms with E-state index in [9.17, 15) is 19.8 Å². The zero-order valence-corrected chi connectivity index (χ0v) is 16.4. The molecule has 2 N–H and O–H groups in total. The molecule has 0 spiro atoms. The Bertz CT molecular complexity index is 1050. The summed E-state index contributed by atoms with van der Waals surface area (Å²) < 4.78 is 0. The minimum atomic E-state index is -1.19. The van der Waals surface area contributed by atoms with Gasteiger partial charge in [0.15, 0.2) is 0 Å². The van der Waals surface area contributed by atoms with Crippen LogP contribution in [0, 0.1) is 0 Å². The number of carbonyl (C=O) groups is 2. The van der Waals surface area contributed by atoms with E-state index in [0.29, 0.717) is 17.4 Å². The van der Waals surface area contributed by atoms with Gasteiger partial charge >= 0.3 is 11.9 Å². The summed E-state index contributed by atoms with van der Waals surface area (Å²) in [6, 6.07) is 11.8. The Labute approximate surface area is 164 Å². The van der Waals surface area contributed by atoms with Crippen molar-refractivity contribution in [2.75, 3.05) is 0 Å². The lowest BCUT2D eigenvalue weighted by Gasteiger charge is -2.15. The van der Waals surface area contributed by atoms with Gasteiger partial charge in [0.1, 0.15) is 0 Å². The molecule has 28 heavy (non-hydrogen) atoms. The van der Waals surface area contributed by atoms with Crippen molar-refractivity contribution < 1.29 is 19.8 Å². The van der Waals surface area contributed by atoms with Gasteiger partial charge in [0.2, 0.25) is 0 Å². The first-order valence-corrected chi connectivity index (χ1v) is 9.95. The van der Waals surface area contributed by atoms with Crippen LogP contribution in [0.25, 0.3) is 21.5 Å². The number of rotatable bonds is 8. The predicted octanol–water partition coefficient (Wildman–Crippen LogP) is 6.07. The fraction of sp³-hybridized carbons (Fsp3) is 0.333. The molecule has 0 atom stereocenters. The number of carboxylic acid groups (broad SMARTS) is 2. The molecule has 0 aromatic heterocycles. The van der Waals surface area contributed by atoms with Gasteiger partial charge in [-0.05, 0) is 64.4 Å². The second-order valence-electron chi connectivity index (χ2n) is 7.32. The zero-order chi connectivity index (χ0) is 20.3. The van der Waals surface area contributed by atoms with Crippen LogP contribution in [0.4, 0.5) is 0 Å². The Morgan fingerprint density at radius 2 is 1.39 bits per heavy atom. The number of aromatic carboxylic acids is 2. The van der Waals surface area contributed by atoms with Gasteiger partial charge in [-0.25, -0.2) is 9.59 Å². The minimum Gasteiger partial charge on any atom is -0.478 e. The number of hydrogen-bond donors (Lipinski definition) is 2. The summed E-state index contributed by atoms with van der Waals surface area (Å²) in [4.78, 5) is 24.0. The predicted molar refractivity (Wildman–Crippen MR) is 113 cm³/mol. The number of carboxylic acids is 2. The van der Waals surface area contributed by atoms with Gasteiger partial charge in [0.05, 0.1) is 11.1 Å². The third-order valence-electron chi connectivity index (χ3n) is 5.33. The van der Waals surface area contributed by atoms with Crippen molar-refractivity contribution in [3.8, 4) is 0 Å². The van der Waals surface area contributed by atoms with E-state index in [1.165, 1.54) is 5.56 Å². The SMILES string of the molecule is CCCCc1ccc2ccc3c(C(=O)O)c(C(=O)O)c(CCCC)cc3c2c1. The number of fused-ring (bicyclic) bond motifs is 3. The van der Waals surface area contributed by atoms with Crippen molar-refractivity contribution in [1.29, 1.82) is 0 Å². The van der Waals surface area contributed by atoms with Crippen molar-refractivity contribution in [1.82, 2.24) is 0 Å². The number of aryl methyl sites for hydroxylation is 2. The van der Waals surface area contributed by atoms with Crippen LogP contribution in [-0.4, -0.2) is 22.2 Å². The van der Waals surface area contributed by atoms with Gasteiger partial charge in [-0.2, -0.15) is 0 Å². The Kier molecular flexibility index (Phi) is 5.98. The molecule has 0 amide bonds. The third-order valence-corrected chi connectivity index (χ3v) is 5.33. The van der Waals surface area contributed by atoms with E-state index < -0.39 is 11.9 Å². The molecule has 0 unspecified atom stereocenters. The van der Waals surface area contributed by atoms with Crippen LogP contribution >= 0.6 is 0 Å². The normalized spacial score (nSPS) is 11.2. The lowest BCUT2D eigenvalue weighted by Crippen LogP contribution is -2.13. The lowest BCUT2D eigenvalue weighted by molar-refractivity contribution is 0.0652. The molecule has 0 heterocycles. The maximum absolute atomic E-state index is 12.0. The first-order valence-electron chi connectivity index (χ1n) is 9.95. The maximum atomic E-state index is 12.0. The van der Waals surface area contributed by atoms with Gasteiger partial charge in [-0.15, -0.1) is 0 Å². The van der Waals surface area contributed by atoms with Crippen molar-refractivity contribution >= 4 is 33.5 Å². The minimum absolute atomic E-state index is 0.0741. The first kappa shape index (κ1) is 19.9. The smallest absolute Gasteiger partial charge is 0.337 e. The molecule has 4 heteroatoms. The summed E-state index contributed by atoms with van der Waals surface area (Å²) in [5, 5.41) is 22.9. The highest BCUT2D eigenvalue weighted by Crippen LogP contribution is 2.33. The molecule has 3 aromatic rings. The molecular formula is C24H26O4. The van der Waals surface area contributed by atoms with Crippen LogP contribution in [0.1, 0.15) is 71.4 Å². The number of benzene rings is 3. The maximum Gasteiger partial charge on any atom is 0.337 e. The highest BCUT2D eigenvalue weighted by atomic mass is 16.4. The van der Waals surface area contributed by atoms with Gasteiger partial charge in [0, 0.05) is 0 Å². The zero-order valence-electron chi connectivity index (χ0n) is 16.4. The van der Waals surface area contributed by atoms with Gasteiger partial charge in [-0.1, -0.05) is 57.0 Å². The van der Waals surface area contributed by atoms with Crippen molar-refractivity contribution in [3.05, 3.63) is 58.7 Å². The summed E-state index contributed by atoms with van der Waals surface area (Å²) in [6.07, 6.45) is 5.47. The Morgan fingerprint density at radius 3 is 2.04 bits per heavy atom. The summed E-state index contributed by atoms with van der Waals surface area (Å²) >= 11 is 0. The average molecular weight is 378 g/mol. The third kappa shape index (κ3) is 3.72. The van der Waals surface area contributed by atoms with E-state index >= 15 is 0 Å². The molecule has 0 aliphatic heterocycles. The van der Waals surface area contributed by atoms with E-state index in [-0.39, 0.29) is 11.1 Å².